The maximum absolute atomic E-state index is 13.7. The smallest absolute Gasteiger partial charge is 0.339 e. The van der Waals surface area contributed by atoms with Gasteiger partial charge in [-0.3, -0.25) is 4.90 Å². The molecule has 1 aromatic heterocycles. The molecular weight excluding hydrogens is 423 g/mol. The molecule has 2 aromatic carbocycles. The largest absolute Gasteiger partial charge is 0.489 e. The van der Waals surface area contributed by atoms with E-state index in [4.69, 9.17) is 4.74 Å². The van der Waals surface area contributed by atoms with Crippen LogP contribution in [-0.2, 0) is 12.8 Å². The van der Waals surface area contributed by atoms with Gasteiger partial charge in [0.25, 0.3) is 0 Å². The van der Waals surface area contributed by atoms with E-state index in [1.54, 1.807) is 18.2 Å². The van der Waals surface area contributed by atoms with Gasteiger partial charge in [-0.1, -0.05) is 42.5 Å². The lowest BCUT2D eigenvalue weighted by atomic mass is 10.1. The topological polar surface area (TPSA) is 78.8 Å². The molecule has 33 heavy (non-hydrogen) atoms. The highest BCUT2D eigenvalue weighted by atomic mass is 19.1. The fraction of sp³-hybridized carbons (Fsp3) is 0.320. The van der Waals surface area contributed by atoms with Crippen molar-refractivity contribution >= 4 is 11.9 Å². The van der Waals surface area contributed by atoms with Crippen LogP contribution in [0.1, 0.15) is 21.6 Å². The maximum Gasteiger partial charge on any atom is 0.339 e. The van der Waals surface area contributed by atoms with Gasteiger partial charge in [0.2, 0.25) is 5.95 Å². The Hall–Kier alpha value is -3.52. The molecule has 172 valence electrons. The first-order valence-electron chi connectivity index (χ1n) is 11.1. The molecular formula is C25H27FN4O3. The number of aromatic nitrogens is 2. The summed E-state index contributed by atoms with van der Waals surface area (Å²) in [5.74, 6) is -0.534. The molecule has 7 nitrogen and oxygen atoms in total. The first-order chi connectivity index (χ1) is 16.1. The van der Waals surface area contributed by atoms with Crippen LogP contribution in [0.2, 0.25) is 0 Å². The summed E-state index contributed by atoms with van der Waals surface area (Å²) in [6.07, 6.45) is 2.67. The summed E-state index contributed by atoms with van der Waals surface area (Å²) in [6, 6.07) is 16.4. The van der Waals surface area contributed by atoms with Gasteiger partial charge in [0.1, 0.15) is 6.61 Å². The van der Waals surface area contributed by atoms with E-state index >= 15 is 0 Å². The molecule has 1 aliphatic heterocycles. The molecule has 1 fully saturated rings. The van der Waals surface area contributed by atoms with Gasteiger partial charge < -0.3 is 14.7 Å². The number of carboxylic acids is 1. The number of carbonyl (C=O) groups is 1. The van der Waals surface area contributed by atoms with Crippen molar-refractivity contribution in [2.45, 2.75) is 12.8 Å². The van der Waals surface area contributed by atoms with Crippen LogP contribution in [0.15, 0.2) is 60.8 Å². The van der Waals surface area contributed by atoms with E-state index in [1.807, 2.05) is 30.3 Å². The van der Waals surface area contributed by atoms with Crippen molar-refractivity contribution in [1.82, 2.24) is 14.9 Å². The minimum absolute atomic E-state index is 0.151. The summed E-state index contributed by atoms with van der Waals surface area (Å²) in [7, 11) is 0. The Morgan fingerprint density at radius 3 is 2.45 bits per heavy atom. The minimum Gasteiger partial charge on any atom is -0.489 e. The number of anilines is 1. The molecule has 4 rings (SSSR count). The first-order valence-corrected chi connectivity index (χ1v) is 11.1. The molecule has 0 bridgehead atoms. The lowest BCUT2D eigenvalue weighted by Crippen LogP contribution is -2.48. The predicted molar refractivity (Wildman–Crippen MR) is 123 cm³/mol. The zero-order valence-corrected chi connectivity index (χ0v) is 18.4. The van der Waals surface area contributed by atoms with Gasteiger partial charge >= 0.3 is 5.97 Å². The second kappa shape index (κ2) is 10.9. The number of halogens is 1. The molecule has 1 saturated heterocycles. The van der Waals surface area contributed by atoms with Gasteiger partial charge in [-0.2, -0.15) is 0 Å². The van der Waals surface area contributed by atoms with Gasteiger partial charge in [0.15, 0.2) is 11.6 Å². The number of hydrogen-bond acceptors (Lipinski definition) is 6. The van der Waals surface area contributed by atoms with Gasteiger partial charge in [-0.15, -0.1) is 0 Å². The van der Waals surface area contributed by atoms with Crippen LogP contribution >= 0.6 is 0 Å². The van der Waals surface area contributed by atoms with Gasteiger partial charge in [0.05, 0.1) is 11.3 Å². The molecule has 0 aliphatic carbocycles. The summed E-state index contributed by atoms with van der Waals surface area (Å²) in [6.45, 7) is 4.15. The number of aromatic carboxylic acids is 1. The van der Waals surface area contributed by atoms with E-state index < -0.39 is 5.97 Å². The Labute approximate surface area is 192 Å². The van der Waals surface area contributed by atoms with E-state index in [1.165, 1.54) is 12.3 Å². The Kier molecular flexibility index (Phi) is 7.47. The van der Waals surface area contributed by atoms with Crippen molar-refractivity contribution in [3.8, 4) is 5.75 Å². The monoisotopic (exact) mass is 450 g/mol. The number of piperazine rings is 1. The molecule has 3 aromatic rings. The van der Waals surface area contributed by atoms with Gasteiger partial charge in [-0.25, -0.2) is 19.2 Å². The highest BCUT2D eigenvalue weighted by Gasteiger charge is 2.21. The number of benzene rings is 2. The van der Waals surface area contributed by atoms with Crippen molar-refractivity contribution in [3.05, 3.63) is 83.4 Å². The molecule has 0 saturated carbocycles. The van der Waals surface area contributed by atoms with Crippen molar-refractivity contribution in [3.63, 3.8) is 0 Å². The van der Waals surface area contributed by atoms with Crippen molar-refractivity contribution in [2.75, 3.05) is 44.2 Å². The van der Waals surface area contributed by atoms with Crippen LogP contribution in [0.4, 0.5) is 10.3 Å². The normalized spacial score (nSPS) is 14.3. The second-order valence-electron chi connectivity index (χ2n) is 7.93. The van der Waals surface area contributed by atoms with E-state index in [2.05, 4.69) is 19.8 Å². The van der Waals surface area contributed by atoms with E-state index in [-0.39, 0.29) is 17.1 Å². The van der Waals surface area contributed by atoms with Crippen LogP contribution in [0.3, 0.4) is 0 Å². The Morgan fingerprint density at radius 1 is 1.00 bits per heavy atom. The van der Waals surface area contributed by atoms with Crippen LogP contribution in [-0.4, -0.2) is 65.3 Å². The lowest BCUT2D eigenvalue weighted by molar-refractivity contribution is 0.0694. The number of hydrogen-bond donors (Lipinski definition) is 1. The first kappa shape index (κ1) is 22.7. The zero-order chi connectivity index (χ0) is 23.0. The Morgan fingerprint density at radius 2 is 1.73 bits per heavy atom. The third kappa shape index (κ3) is 6.04. The third-order valence-corrected chi connectivity index (χ3v) is 5.74. The summed E-state index contributed by atoms with van der Waals surface area (Å²) in [5.41, 5.74) is 1.84. The average Bonchev–Trinajstić information content (AvgIpc) is 2.85. The van der Waals surface area contributed by atoms with E-state index in [0.29, 0.717) is 37.6 Å². The van der Waals surface area contributed by atoms with Crippen LogP contribution in [0.25, 0.3) is 0 Å². The van der Waals surface area contributed by atoms with Crippen molar-refractivity contribution in [2.24, 2.45) is 0 Å². The van der Waals surface area contributed by atoms with Crippen molar-refractivity contribution in [1.29, 1.82) is 0 Å². The second-order valence-corrected chi connectivity index (χ2v) is 7.93. The highest BCUT2D eigenvalue weighted by Crippen LogP contribution is 2.18. The summed E-state index contributed by atoms with van der Waals surface area (Å²) >= 11 is 0. The molecule has 2 heterocycles. The number of rotatable bonds is 9. The number of aryl methyl sites for hydroxylation is 2. The molecule has 1 N–H and O–H groups in total. The fourth-order valence-corrected chi connectivity index (χ4v) is 3.85. The number of nitrogens with zero attached hydrogens (tertiary/aromatic N) is 4. The number of ether oxygens (including phenoxy) is 1. The minimum atomic E-state index is -1.01. The highest BCUT2D eigenvalue weighted by molar-refractivity contribution is 5.88. The van der Waals surface area contributed by atoms with E-state index in [0.717, 1.165) is 31.7 Å². The van der Waals surface area contributed by atoms with Gasteiger partial charge in [0, 0.05) is 38.9 Å². The van der Waals surface area contributed by atoms with E-state index in [9.17, 15) is 14.3 Å². The molecule has 8 heteroatoms. The van der Waals surface area contributed by atoms with Crippen LogP contribution < -0.4 is 9.64 Å². The predicted octanol–water partition coefficient (Wildman–Crippen LogP) is 3.30. The molecule has 0 unspecified atom stereocenters. The molecule has 0 amide bonds. The number of carboxylic acid groups (broad SMARTS) is 1. The fourth-order valence-electron chi connectivity index (χ4n) is 3.85. The van der Waals surface area contributed by atoms with Gasteiger partial charge in [-0.05, 0) is 30.5 Å². The van der Waals surface area contributed by atoms with Crippen LogP contribution in [0, 0.1) is 5.82 Å². The quantitative estimate of drug-likeness (QED) is 0.536. The SMILES string of the molecule is O=C(O)c1cnc(N2CCN(CCOc3ccccc3F)CC2)nc1CCc1ccccc1. The van der Waals surface area contributed by atoms with Crippen molar-refractivity contribution < 1.29 is 19.0 Å². The maximum atomic E-state index is 13.7. The summed E-state index contributed by atoms with van der Waals surface area (Å²) in [5, 5.41) is 9.55. The van der Waals surface area contributed by atoms with Crippen LogP contribution in [0.5, 0.6) is 5.75 Å². The lowest BCUT2D eigenvalue weighted by Gasteiger charge is -2.34. The summed E-state index contributed by atoms with van der Waals surface area (Å²) in [4.78, 5) is 24.9. The zero-order valence-electron chi connectivity index (χ0n) is 18.4. The molecule has 0 spiro atoms. The molecule has 0 radical (unpaired) electrons. The number of para-hydroxylation sites is 1. The molecule has 0 atom stereocenters. The molecule has 1 aliphatic rings. The standard InChI is InChI=1S/C25H27FN4O3/c26-21-8-4-5-9-23(21)33-17-16-29-12-14-30(15-13-29)25-27-18-20(24(31)32)22(28-25)11-10-19-6-2-1-3-7-19/h1-9,18H,10-17H2,(H,31,32). The summed E-state index contributed by atoms with van der Waals surface area (Å²) < 4.78 is 19.2. The third-order valence-electron chi connectivity index (χ3n) is 5.74. The Bertz CT molecular complexity index is 1070. The Balaban J connectivity index is 1.32. The average molecular weight is 451 g/mol.